The number of rotatable bonds is 4. The maximum absolute atomic E-state index is 13.9. The molecule has 0 amide bonds. The third-order valence-electron chi connectivity index (χ3n) is 2.69. The smallest absolute Gasteiger partial charge is 0.132 e. The van der Waals surface area contributed by atoms with Gasteiger partial charge in [-0.05, 0) is 25.2 Å². The van der Waals surface area contributed by atoms with Crippen molar-refractivity contribution in [2.24, 2.45) is 0 Å². The minimum atomic E-state index is -0.301. The predicted octanol–water partition coefficient (Wildman–Crippen LogP) is 2.74. The third kappa shape index (κ3) is 2.17. The van der Waals surface area contributed by atoms with E-state index in [0.29, 0.717) is 11.3 Å². The Balaban J connectivity index is 2.50. The van der Waals surface area contributed by atoms with Crippen LogP contribution in [0.3, 0.4) is 0 Å². The minimum Gasteiger partial charge on any atom is -0.496 e. The van der Waals surface area contributed by atoms with Crippen LogP contribution in [0.25, 0.3) is 0 Å². The first-order chi connectivity index (χ1) is 8.27. The van der Waals surface area contributed by atoms with Crippen molar-refractivity contribution < 1.29 is 13.5 Å². The van der Waals surface area contributed by atoms with Crippen LogP contribution in [0.1, 0.15) is 17.2 Å². The summed E-state index contributed by atoms with van der Waals surface area (Å²) in [6, 6.07) is 6.29. The normalized spacial score (nSPS) is 12.4. The summed E-state index contributed by atoms with van der Waals surface area (Å²) >= 11 is 0. The molecule has 0 aliphatic heterocycles. The molecule has 0 aliphatic carbocycles. The first-order valence-corrected chi connectivity index (χ1v) is 5.29. The molecule has 0 fully saturated rings. The molecule has 4 heteroatoms. The molecule has 1 N–H and O–H groups in total. The van der Waals surface area contributed by atoms with Gasteiger partial charge < -0.3 is 14.5 Å². The second kappa shape index (κ2) is 5.01. The number of furan rings is 1. The molecule has 0 saturated carbocycles. The van der Waals surface area contributed by atoms with E-state index in [1.165, 1.54) is 13.2 Å². The molecule has 0 bridgehead atoms. The molecule has 2 aromatic rings. The molecule has 0 radical (unpaired) electrons. The van der Waals surface area contributed by atoms with E-state index in [1.54, 1.807) is 37.8 Å². The fourth-order valence-electron chi connectivity index (χ4n) is 1.89. The van der Waals surface area contributed by atoms with Crippen LogP contribution in [-0.2, 0) is 0 Å². The zero-order valence-corrected chi connectivity index (χ0v) is 9.74. The van der Waals surface area contributed by atoms with Crippen LogP contribution in [-0.4, -0.2) is 14.2 Å². The van der Waals surface area contributed by atoms with E-state index in [2.05, 4.69) is 5.32 Å². The summed E-state index contributed by atoms with van der Waals surface area (Å²) in [5.41, 5.74) is 1.34. The largest absolute Gasteiger partial charge is 0.496 e. The summed E-state index contributed by atoms with van der Waals surface area (Å²) < 4.78 is 24.1. The zero-order chi connectivity index (χ0) is 12.3. The lowest BCUT2D eigenvalue weighted by molar-refractivity contribution is 0.398. The van der Waals surface area contributed by atoms with Crippen LogP contribution in [0, 0.1) is 5.82 Å². The van der Waals surface area contributed by atoms with Crippen molar-refractivity contribution in [3.8, 4) is 5.75 Å². The van der Waals surface area contributed by atoms with E-state index in [-0.39, 0.29) is 11.9 Å². The molecule has 3 nitrogen and oxygen atoms in total. The van der Waals surface area contributed by atoms with Crippen LogP contribution in [0.15, 0.2) is 41.2 Å². The van der Waals surface area contributed by atoms with Gasteiger partial charge in [0.05, 0.1) is 31.2 Å². The Morgan fingerprint density at radius 1 is 1.35 bits per heavy atom. The number of ether oxygens (including phenoxy) is 1. The number of hydrogen-bond acceptors (Lipinski definition) is 3. The molecule has 17 heavy (non-hydrogen) atoms. The van der Waals surface area contributed by atoms with E-state index in [4.69, 9.17) is 9.15 Å². The van der Waals surface area contributed by atoms with Gasteiger partial charge in [-0.2, -0.15) is 0 Å². The second-order valence-electron chi connectivity index (χ2n) is 3.63. The molecule has 90 valence electrons. The Morgan fingerprint density at radius 3 is 2.76 bits per heavy atom. The number of hydrogen-bond donors (Lipinski definition) is 1. The zero-order valence-electron chi connectivity index (χ0n) is 9.74. The van der Waals surface area contributed by atoms with Crippen molar-refractivity contribution in [1.29, 1.82) is 0 Å². The van der Waals surface area contributed by atoms with Crippen molar-refractivity contribution >= 4 is 0 Å². The van der Waals surface area contributed by atoms with E-state index >= 15 is 0 Å². The number of methoxy groups -OCH3 is 1. The molecule has 1 atom stereocenters. The van der Waals surface area contributed by atoms with Gasteiger partial charge in [-0.3, -0.25) is 0 Å². The Labute approximate surface area is 99.2 Å². The Kier molecular flexibility index (Phi) is 3.44. The van der Waals surface area contributed by atoms with Gasteiger partial charge in [-0.1, -0.05) is 6.07 Å². The van der Waals surface area contributed by atoms with Gasteiger partial charge in [-0.15, -0.1) is 0 Å². The average Bonchev–Trinajstić information content (AvgIpc) is 2.86. The third-order valence-corrected chi connectivity index (χ3v) is 2.69. The molecule has 2 rings (SSSR count). The Hall–Kier alpha value is -1.81. The molecule has 1 heterocycles. The van der Waals surface area contributed by atoms with Crippen molar-refractivity contribution in [2.45, 2.75) is 6.04 Å². The van der Waals surface area contributed by atoms with Gasteiger partial charge in [0, 0.05) is 5.56 Å². The highest BCUT2D eigenvalue weighted by Gasteiger charge is 2.21. The first kappa shape index (κ1) is 11.7. The molecular formula is C13H14FNO2. The summed E-state index contributed by atoms with van der Waals surface area (Å²) in [5.74, 6) is 0.218. The predicted molar refractivity (Wildman–Crippen MR) is 62.6 cm³/mol. The molecule has 1 aromatic heterocycles. The summed E-state index contributed by atoms with van der Waals surface area (Å²) in [6.45, 7) is 0. The Bertz CT molecular complexity index is 482. The number of nitrogens with one attached hydrogen (secondary N) is 1. The molecule has 1 aromatic carbocycles. The lowest BCUT2D eigenvalue weighted by atomic mass is 10.00. The van der Waals surface area contributed by atoms with Crippen LogP contribution in [0.4, 0.5) is 4.39 Å². The van der Waals surface area contributed by atoms with Crippen LogP contribution >= 0.6 is 0 Å². The average molecular weight is 235 g/mol. The molecular weight excluding hydrogens is 221 g/mol. The van der Waals surface area contributed by atoms with Crippen molar-refractivity contribution in [1.82, 2.24) is 5.32 Å². The highest BCUT2D eigenvalue weighted by Crippen LogP contribution is 2.32. The van der Waals surface area contributed by atoms with E-state index < -0.39 is 0 Å². The topological polar surface area (TPSA) is 34.4 Å². The van der Waals surface area contributed by atoms with Gasteiger partial charge in [-0.25, -0.2) is 4.39 Å². The highest BCUT2D eigenvalue weighted by molar-refractivity contribution is 5.41. The summed E-state index contributed by atoms with van der Waals surface area (Å²) in [5, 5.41) is 3.06. The fraction of sp³-hybridized carbons (Fsp3) is 0.231. The number of halogens is 1. The van der Waals surface area contributed by atoms with Crippen LogP contribution in [0.2, 0.25) is 0 Å². The molecule has 0 aliphatic rings. The quantitative estimate of drug-likeness (QED) is 0.884. The van der Waals surface area contributed by atoms with Crippen LogP contribution < -0.4 is 10.1 Å². The minimum absolute atomic E-state index is 0.287. The summed E-state index contributed by atoms with van der Waals surface area (Å²) in [6.07, 6.45) is 3.15. The second-order valence-corrected chi connectivity index (χ2v) is 3.63. The SMILES string of the molecule is CNC(c1ccoc1)c1c(F)cccc1OC. The molecule has 0 saturated heterocycles. The van der Waals surface area contributed by atoms with Crippen molar-refractivity contribution in [3.63, 3.8) is 0 Å². The van der Waals surface area contributed by atoms with Crippen molar-refractivity contribution in [3.05, 3.63) is 53.7 Å². The monoisotopic (exact) mass is 235 g/mol. The van der Waals surface area contributed by atoms with Crippen LogP contribution in [0.5, 0.6) is 5.75 Å². The number of benzene rings is 1. The Morgan fingerprint density at radius 2 is 2.18 bits per heavy atom. The van der Waals surface area contributed by atoms with Gasteiger partial charge in [0.15, 0.2) is 0 Å². The van der Waals surface area contributed by atoms with Gasteiger partial charge in [0.25, 0.3) is 0 Å². The lowest BCUT2D eigenvalue weighted by Gasteiger charge is -2.18. The van der Waals surface area contributed by atoms with Gasteiger partial charge in [0.1, 0.15) is 11.6 Å². The summed E-state index contributed by atoms with van der Waals surface area (Å²) in [7, 11) is 3.30. The first-order valence-electron chi connectivity index (χ1n) is 5.29. The van der Waals surface area contributed by atoms with Gasteiger partial charge >= 0.3 is 0 Å². The van der Waals surface area contributed by atoms with Gasteiger partial charge in [0.2, 0.25) is 0 Å². The molecule has 0 spiro atoms. The molecule has 1 unspecified atom stereocenters. The standard InChI is InChI=1S/C13H14FNO2/c1-15-13(9-6-7-17-8-9)12-10(14)4-3-5-11(12)16-2/h3-8,13,15H,1-2H3. The van der Waals surface area contributed by atoms with E-state index in [9.17, 15) is 4.39 Å². The lowest BCUT2D eigenvalue weighted by Crippen LogP contribution is -2.19. The fourth-order valence-corrected chi connectivity index (χ4v) is 1.89. The van der Waals surface area contributed by atoms with Crippen molar-refractivity contribution in [2.75, 3.05) is 14.2 Å². The van der Waals surface area contributed by atoms with E-state index in [0.717, 1.165) is 5.56 Å². The maximum Gasteiger partial charge on any atom is 0.132 e. The highest BCUT2D eigenvalue weighted by atomic mass is 19.1. The summed E-state index contributed by atoms with van der Waals surface area (Å²) in [4.78, 5) is 0. The van der Waals surface area contributed by atoms with E-state index in [1.807, 2.05) is 0 Å². The maximum atomic E-state index is 13.9.